The van der Waals surface area contributed by atoms with Crippen LogP contribution in [-0.4, -0.2) is 69.0 Å². The Labute approximate surface area is 123 Å². The Hall–Kier alpha value is -1.74. The second-order valence-corrected chi connectivity index (χ2v) is 3.95. The molecule has 0 amide bonds. The number of hydrogen-bond acceptors (Lipinski definition) is 6. The average Bonchev–Trinajstić information content (AvgIpc) is 2.50. The van der Waals surface area contributed by atoms with E-state index in [1.807, 2.05) is 0 Å². The molecule has 21 heavy (non-hydrogen) atoms. The molecule has 0 spiro atoms. The lowest BCUT2D eigenvalue weighted by molar-refractivity contribution is -0.133. The molecule has 0 saturated heterocycles. The fraction of sp³-hybridized carbons (Fsp3) is 0.538. The first kappa shape index (κ1) is 24.3. The van der Waals surface area contributed by atoms with Crippen molar-refractivity contribution in [2.45, 2.75) is 13.8 Å². The predicted octanol–water partition coefficient (Wildman–Crippen LogP) is -0.764. The first-order chi connectivity index (χ1) is 9.69. The Morgan fingerprint density at radius 3 is 1.29 bits per heavy atom. The lowest BCUT2D eigenvalue weighted by atomic mass is 9.93. The van der Waals surface area contributed by atoms with Crippen LogP contribution >= 0.6 is 0 Å². The van der Waals surface area contributed by atoms with Crippen molar-refractivity contribution < 1.29 is 40.2 Å². The molecular weight excluding hydrogens is 284 g/mol. The largest absolute Gasteiger partial charge is 0.478 e. The maximum Gasteiger partial charge on any atom is 0.330 e. The summed E-state index contributed by atoms with van der Waals surface area (Å²) < 4.78 is 0. The third-order valence-electron chi connectivity index (χ3n) is 2.29. The smallest absolute Gasteiger partial charge is 0.330 e. The summed E-state index contributed by atoms with van der Waals surface area (Å²) >= 11 is 0. The zero-order chi connectivity index (χ0) is 17.5. The Morgan fingerprint density at radius 1 is 1.00 bits per heavy atom. The van der Waals surface area contributed by atoms with E-state index in [9.17, 15) is 9.59 Å². The molecule has 0 aliphatic carbocycles. The summed E-state index contributed by atoms with van der Waals surface area (Å²) in [5.41, 5.74) is -0.722. The minimum absolute atomic E-state index is 0.389. The second kappa shape index (κ2) is 14.7. The van der Waals surface area contributed by atoms with Gasteiger partial charge in [-0.2, -0.15) is 0 Å². The number of hydrogen-bond donors (Lipinski definition) is 6. The van der Waals surface area contributed by atoms with Crippen molar-refractivity contribution in [3.63, 3.8) is 0 Å². The van der Waals surface area contributed by atoms with Gasteiger partial charge in [0.05, 0.1) is 31.8 Å². The first-order valence-corrected chi connectivity index (χ1v) is 5.85. The van der Waals surface area contributed by atoms with E-state index in [-0.39, 0.29) is 0 Å². The molecule has 0 aliphatic heterocycles. The van der Waals surface area contributed by atoms with Crippen LogP contribution in [0.4, 0.5) is 0 Å². The SMILES string of the molecule is C=CC(=O)O.CC=C(C)C(=O)O.OCC(CO)(CO)CO. The maximum atomic E-state index is 9.86. The van der Waals surface area contributed by atoms with Gasteiger partial charge in [0.2, 0.25) is 0 Å². The third kappa shape index (κ3) is 14.5. The fourth-order valence-electron chi connectivity index (χ4n) is 0.423. The summed E-state index contributed by atoms with van der Waals surface area (Å²) in [5, 5.41) is 49.7. The van der Waals surface area contributed by atoms with Crippen LogP contribution in [0.1, 0.15) is 13.8 Å². The quantitative estimate of drug-likeness (QED) is 0.350. The first-order valence-electron chi connectivity index (χ1n) is 5.85. The molecular formula is C13H24O8. The van der Waals surface area contributed by atoms with E-state index in [1.54, 1.807) is 19.9 Å². The number of carboxylic acids is 2. The minimum Gasteiger partial charge on any atom is -0.478 e. The summed E-state index contributed by atoms with van der Waals surface area (Å²) in [5.74, 6) is -1.83. The molecule has 0 aromatic carbocycles. The van der Waals surface area contributed by atoms with Crippen LogP contribution in [0.15, 0.2) is 24.3 Å². The van der Waals surface area contributed by atoms with Crippen molar-refractivity contribution in [3.05, 3.63) is 24.3 Å². The molecule has 6 N–H and O–H groups in total. The van der Waals surface area contributed by atoms with E-state index in [2.05, 4.69) is 6.58 Å². The van der Waals surface area contributed by atoms with Crippen molar-refractivity contribution >= 4 is 11.9 Å². The molecule has 124 valence electrons. The molecule has 0 bridgehead atoms. The number of carboxylic acid groups (broad SMARTS) is 2. The highest BCUT2D eigenvalue weighted by Crippen LogP contribution is 2.11. The van der Waals surface area contributed by atoms with Gasteiger partial charge >= 0.3 is 11.9 Å². The second-order valence-electron chi connectivity index (χ2n) is 3.95. The molecule has 0 heterocycles. The number of allylic oxidation sites excluding steroid dienone is 1. The van der Waals surface area contributed by atoms with Gasteiger partial charge in [-0.3, -0.25) is 0 Å². The van der Waals surface area contributed by atoms with Gasteiger partial charge in [-0.05, 0) is 13.8 Å². The van der Waals surface area contributed by atoms with E-state index in [4.69, 9.17) is 30.6 Å². The van der Waals surface area contributed by atoms with Crippen molar-refractivity contribution in [3.8, 4) is 0 Å². The molecule has 0 fully saturated rings. The van der Waals surface area contributed by atoms with Gasteiger partial charge in [-0.1, -0.05) is 12.7 Å². The van der Waals surface area contributed by atoms with Gasteiger partial charge < -0.3 is 30.6 Å². The number of aliphatic carboxylic acids is 2. The normalized spacial score (nSPS) is 10.5. The molecule has 0 rings (SSSR count). The summed E-state index contributed by atoms with van der Waals surface area (Å²) in [7, 11) is 0. The van der Waals surface area contributed by atoms with E-state index in [1.165, 1.54) is 0 Å². The highest BCUT2D eigenvalue weighted by Gasteiger charge is 2.26. The number of aliphatic hydroxyl groups excluding tert-OH is 4. The van der Waals surface area contributed by atoms with Crippen LogP contribution in [0.3, 0.4) is 0 Å². The van der Waals surface area contributed by atoms with Gasteiger partial charge in [-0.15, -0.1) is 0 Å². The summed E-state index contributed by atoms with van der Waals surface area (Å²) in [6.07, 6.45) is 2.39. The lowest BCUT2D eigenvalue weighted by Gasteiger charge is -2.23. The van der Waals surface area contributed by atoms with Crippen molar-refractivity contribution in [1.29, 1.82) is 0 Å². The zero-order valence-electron chi connectivity index (χ0n) is 12.2. The molecule has 0 saturated carbocycles. The average molecular weight is 308 g/mol. The van der Waals surface area contributed by atoms with Gasteiger partial charge in [0, 0.05) is 11.6 Å². The van der Waals surface area contributed by atoms with E-state index >= 15 is 0 Å². The van der Waals surface area contributed by atoms with Crippen LogP contribution in [0.25, 0.3) is 0 Å². The summed E-state index contributed by atoms with van der Waals surface area (Å²) in [6.45, 7) is 4.59. The molecule has 0 radical (unpaired) electrons. The van der Waals surface area contributed by atoms with Gasteiger partial charge in [0.25, 0.3) is 0 Å². The highest BCUT2D eigenvalue weighted by molar-refractivity contribution is 5.85. The topological polar surface area (TPSA) is 156 Å². The fourth-order valence-corrected chi connectivity index (χ4v) is 0.423. The number of aliphatic hydroxyl groups is 4. The summed E-state index contributed by atoms with van der Waals surface area (Å²) in [6, 6.07) is 0. The van der Waals surface area contributed by atoms with Crippen molar-refractivity contribution in [1.82, 2.24) is 0 Å². The monoisotopic (exact) mass is 308 g/mol. The van der Waals surface area contributed by atoms with Gasteiger partial charge in [-0.25, -0.2) is 9.59 Å². The molecule has 0 aliphatic rings. The Balaban J connectivity index is -0.000000242. The zero-order valence-corrected chi connectivity index (χ0v) is 12.2. The van der Waals surface area contributed by atoms with Gasteiger partial charge in [0.1, 0.15) is 0 Å². The number of carbonyl (C=O) groups is 2. The molecule has 8 nitrogen and oxygen atoms in total. The Bertz CT molecular complexity index is 314. The summed E-state index contributed by atoms with van der Waals surface area (Å²) in [4.78, 5) is 19.1. The molecule has 0 atom stereocenters. The molecule has 0 aromatic rings. The van der Waals surface area contributed by atoms with Crippen LogP contribution in [0, 0.1) is 5.41 Å². The van der Waals surface area contributed by atoms with E-state index in [0.717, 1.165) is 6.08 Å². The molecule has 0 aromatic heterocycles. The third-order valence-corrected chi connectivity index (χ3v) is 2.29. The van der Waals surface area contributed by atoms with Crippen LogP contribution in [-0.2, 0) is 9.59 Å². The highest BCUT2D eigenvalue weighted by atomic mass is 16.4. The van der Waals surface area contributed by atoms with Gasteiger partial charge in [0.15, 0.2) is 0 Å². The van der Waals surface area contributed by atoms with Crippen LogP contribution < -0.4 is 0 Å². The van der Waals surface area contributed by atoms with Crippen LogP contribution in [0.5, 0.6) is 0 Å². The lowest BCUT2D eigenvalue weighted by Crippen LogP contribution is -2.37. The number of rotatable bonds is 6. The Morgan fingerprint density at radius 2 is 1.29 bits per heavy atom. The van der Waals surface area contributed by atoms with E-state index < -0.39 is 43.8 Å². The standard InChI is InChI=1S/C5H12O4.C5H8O2.C3H4O2/c6-1-5(2-7,3-8)4-9;1-3-4(2)5(6)7;1-2-3(4)5/h6-9H,1-4H2;3H,1-2H3,(H,6,7);2H,1H2,(H,4,5). The molecule has 0 unspecified atom stereocenters. The Kier molecular flexibility index (Phi) is 17.0. The molecule has 8 heteroatoms. The van der Waals surface area contributed by atoms with Crippen LogP contribution in [0.2, 0.25) is 0 Å². The minimum atomic E-state index is -1.11. The van der Waals surface area contributed by atoms with E-state index in [0.29, 0.717) is 5.57 Å². The predicted molar refractivity (Wildman–Crippen MR) is 75.7 cm³/mol. The van der Waals surface area contributed by atoms with Crippen molar-refractivity contribution in [2.75, 3.05) is 26.4 Å². The maximum absolute atomic E-state index is 9.86. The van der Waals surface area contributed by atoms with Crippen molar-refractivity contribution in [2.24, 2.45) is 5.41 Å².